The second-order valence-electron chi connectivity index (χ2n) is 6.50. The predicted octanol–water partition coefficient (Wildman–Crippen LogP) is 4.94. The van der Waals surface area contributed by atoms with E-state index in [0.29, 0.717) is 18.4 Å². The molecule has 26 heavy (non-hydrogen) atoms. The van der Waals surface area contributed by atoms with Crippen LogP contribution in [-0.4, -0.2) is 18.5 Å². The highest BCUT2D eigenvalue weighted by Crippen LogP contribution is 2.25. The summed E-state index contributed by atoms with van der Waals surface area (Å²) >= 11 is 0. The first-order chi connectivity index (χ1) is 12.6. The molecule has 4 nitrogen and oxygen atoms in total. The molecule has 2 aromatic carbocycles. The van der Waals surface area contributed by atoms with Gasteiger partial charge in [0.2, 0.25) is 5.90 Å². The summed E-state index contributed by atoms with van der Waals surface area (Å²) in [5.74, 6) is 1.08. The van der Waals surface area contributed by atoms with Crippen LogP contribution in [0.2, 0.25) is 0 Å². The van der Waals surface area contributed by atoms with Gasteiger partial charge in [0.15, 0.2) is 5.70 Å². The fourth-order valence-electron chi connectivity index (χ4n) is 2.63. The van der Waals surface area contributed by atoms with Crippen LogP contribution in [0.15, 0.2) is 59.2 Å². The van der Waals surface area contributed by atoms with Crippen molar-refractivity contribution in [3.8, 4) is 5.75 Å². The molecule has 4 heteroatoms. The molecule has 0 radical (unpaired) electrons. The number of carbonyl (C=O) groups is 1. The number of hydrogen-bond acceptors (Lipinski definition) is 4. The number of para-hydroxylation sites is 1. The predicted molar refractivity (Wildman–Crippen MR) is 103 cm³/mol. The molecule has 0 unspecified atom stereocenters. The molecule has 0 fully saturated rings. The topological polar surface area (TPSA) is 47.9 Å². The number of benzene rings is 2. The van der Waals surface area contributed by atoms with Gasteiger partial charge in [0.25, 0.3) is 0 Å². The summed E-state index contributed by atoms with van der Waals surface area (Å²) in [6, 6.07) is 15.5. The molecular weight excluding hydrogens is 326 g/mol. The number of esters is 1. The maximum atomic E-state index is 12.2. The molecule has 0 aliphatic carbocycles. The molecular formula is C22H23NO3. The van der Waals surface area contributed by atoms with Gasteiger partial charge in [0.1, 0.15) is 5.75 Å². The summed E-state index contributed by atoms with van der Waals surface area (Å²) < 4.78 is 11.1. The van der Waals surface area contributed by atoms with Crippen molar-refractivity contribution in [2.24, 2.45) is 4.99 Å². The van der Waals surface area contributed by atoms with E-state index < -0.39 is 5.97 Å². The number of aliphatic imine (C=N–C) groups is 1. The summed E-state index contributed by atoms with van der Waals surface area (Å²) in [7, 11) is 0. The van der Waals surface area contributed by atoms with Crippen molar-refractivity contribution in [3.05, 3.63) is 70.9 Å². The molecule has 0 aromatic heterocycles. The minimum Gasteiger partial charge on any atom is -0.493 e. The first-order valence-corrected chi connectivity index (χ1v) is 8.93. The lowest BCUT2D eigenvalue weighted by Crippen LogP contribution is -2.05. The molecule has 0 saturated heterocycles. The molecule has 0 spiro atoms. The molecule has 2 aromatic rings. The van der Waals surface area contributed by atoms with Crippen molar-refractivity contribution in [2.75, 3.05) is 6.61 Å². The number of carbonyl (C=O) groups excluding carboxylic acids is 1. The molecule has 0 saturated carbocycles. The van der Waals surface area contributed by atoms with Gasteiger partial charge in [0, 0.05) is 11.1 Å². The van der Waals surface area contributed by atoms with E-state index in [9.17, 15) is 4.79 Å². The minimum absolute atomic E-state index is 0.278. The first-order valence-electron chi connectivity index (χ1n) is 8.93. The maximum Gasteiger partial charge on any atom is 0.363 e. The highest BCUT2D eigenvalue weighted by molar-refractivity contribution is 6.12. The quantitative estimate of drug-likeness (QED) is 0.548. The molecule has 1 heterocycles. The molecule has 0 amide bonds. The van der Waals surface area contributed by atoms with Crippen LogP contribution in [-0.2, 0) is 9.53 Å². The Morgan fingerprint density at radius 1 is 1.12 bits per heavy atom. The summed E-state index contributed by atoms with van der Waals surface area (Å²) in [6.45, 7) is 6.96. The fourth-order valence-corrected chi connectivity index (χ4v) is 2.63. The van der Waals surface area contributed by atoms with Crippen LogP contribution in [0.5, 0.6) is 5.75 Å². The molecule has 0 N–H and O–H groups in total. The number of rotatable bonds is 6. The first kappa shape index (κ1) is 17.9. The van der Waals surface area contributed by atoms with Crippen molar-refractivity contribution in [3.63, 3.8) is 0 Å². The van der Waals surface area contributed by atoms with E-state index >= 15 is 0 Å². The smallest absolute Gasteiger partial charge is 0.363 e. The van der Waals surface area contributed by atoms with Crippen LogP contribution in [0, 0.1) is 0 Å². The zero-order valence-electron chi connectivity index (χ0n) is 15.4. The summed E-state index contributed by atoms with van der Waals surface area (Å²) in [4.78, 5) is 16.6. The molecule has 1 aliphatic heterocycles. The van der Waals surface area contributed by atoms with Gasteiger partial charge in [-0.15, -0.1) is 0 Å². The molecule has 134 valence electrons. The summed E-state index contributed by atoms with van der Waals surface area (Å²) in [6.07, 6.45) is 2.63. The third-order valence-corrected chi connectivity index (χ3v) is 4.12. The van der Waals surface area contributed by atoms with Gasteiger partial charge in [-0.1, -0.05) is 51.1 Å². The van der Waals surface area contributed by atoms with Crippen molar-refractivity contribution in [1.29, 1.82) is 0 Å². The van der Waals surface area contributed by atoms with Crippen molar-refractivity contribution in [1.82, 2.24) is 0 Å². The molecule has 3 rings (SSSR count). The Morgan fingerprint density at radius 2 is 1.85 bits per heavy atom. The monoisotopic (exact) mass is 349 g/mol. The highest BCUT2D eigenvalue weighted by Gasteiger charge is 2.24. The maximum absolute atomic E-state index is 12.2. The molecule has 0 atom stereocenters. The second-order valence-corrected chi connectivity index (χ2v) is 6.50. The fraction of sp³-hybridized carbons (Fsp3) is 0.273. The Balaban J connectivity index is 1.87. The minimum atomic E-state index is -0.446. The number of nitrogens with zero attached hydrogens (tertiary/aromatic N) is 1. The lowest BCUT2D eigenvalue weighted by Gasteiger charge is -2.07. The van der Waals surface area contributed by atoms with Crippen molar-refractivity contribution in [2.45, 2.75) is 33.1 Å². The SMILES string of the molecule is CCCOc1ccccc1/C=C1\N=C(c2ccc(C(C)C)cc2)OC1=O. The second kappa shape index (κ2) is 8.00. The van der Waals surface area contributed by atoms with Crippen molar-refractivity contribution < 1.29 is 14.3 Å². The third kappa shape index (κ3) is 4.02. The highest BCUT2D eigenvalue weighted by atomic mass is 16.6. The van der Waals surface area contributed by atoms with Crippen molar-refractivity contribution >= 4 is 17.9 Å². The number of hydrogen-bond donors (Lipinski definition) is 0. The Labute approximate surface area is 154 Å². The Hall–Kier alpha value is -2.88. The van der Waals surface area contributed by atoms with Crippen LogP contribution in [0.3, 0.4) is 0 Å². The van der Waals surface area contributed by atoms with Crippen LogP contribution in [0.4, 0.5) is 0 Å². The molecule has 0 bridgehead atoms. The number of ether oxygens (including phenoxy) is 2. The zero-order chi connectivity index (χ0) is 18.5. The average molecular weight is 349 g/mol. The standard InChI is InChI=1S/C22H23NO3/c1-4-13-25-20-8-6-5-7-18(20)14-19-22(24)26-21(23-19)17-11-9-16(10-12-17)15(2)3/h5-12,14-15H,4,13H2,1-3H3/b19-14-. The van der Waals surface area contributed by atoms with Gasteiger partial charge in [-0.05, 0) is 42.2 Å². The largest absolute Gasteiger partial charge is 0.493 e. The van der Waals surface area contributed by atoms with E-state index in [2.05, 4.69) is 25.8 Å². The lowest BCUT2D eigenvalue weighted by atomic mass is 10.0. The summed E-state index contributed by atoms with van der Waals surface area (Å²) in [5, 5.41) is 0. The Bertz CT molecular complexity index is 848. The van der Waals surface area contributed by atoms with E-state index in [1.807, 2.05) is 48.5 Å². The Kier molecular flexibility index (Phi) is 5.52. The van der Waals surface area contributed by atoms with Gasteiger partial charge in [-0.2, -0.15) is 0 Å². The van der Waals surface area contributed by atoms with Crippen LogP contribution in [0.1, 0.15) is 49.8 Å². The average Bonchev–Trinajstić information content (AvgIpc) is 3.01. The molecule has 1 aliphatic rings. The van der Waals surface area contributed by atoms with E-state index in [0.717, 1.165) is 23.3 Å². The van der Waals surface area contributed by atoms with Gasteiger partial charge >= 0.3 is 5.97 Å². The van der Waals surface area contributed by atoms with E-state index in [4.69, 9.17) is 9.47 Å². The Morgan fingerprint density at radius 3 is 2.54 bits per heavy atom. The zero-order valence-corrected chi connectivity index (χ0v) is 15.4. The van der Waals surface area contributed by atoms with Crippen LogP contribution in [0.25, 0.3) is 6.08 Å². The van der Waals surface area contributed by atoms with Gasteiger partial charge in [-0.25, -0.2) is 9.79 Å². The normalized spacial score (nSPS) is 15.3. The van der Waals surface area contributed by atoms with E-state index in [1.54, 1.807) is 6.08 Å². The van der Waals surface area contributed by atoms with Crippen LogP contribution >= 0.6 is 0 Å². The van der Waals surface area contributed by atoms with Gasteiger partial charge in [-0.3, -0.25) is 0 Å². The lowest BCUT2D eigenvalue weighted by molar-refractivity contribution is -0.129. The van der Waals surface area contributed by atoms with E-state index in [1.165, 1.54) is 5.56 Å². The summed E-state index contributed by atoms with van der Waals surface area (Å²) in [5.41, 5.74) is 3.12. The third-order valence-electron chi connectivity index (χ3n) is 4.12. The number of cyclic esters (lactones) is 1. The van der Waals surface area contributed by atoms with Gasteiger partial charge < -0.3 is 9.47 Å². The van der Waals surface area contributed by atoms with Gasteiger partial charge in [0.05, 0.1) is 6.61 Å². The van der Waals surface area contributed by atoms with Crippen LogP contribution < -0.4 is 4.74 Å². The van der Waals surface area contributed by atoms with E-state index in [-0.39, 0.29) is 5.70 Å².